The van der Waals surface area contributed by atoms with Gasteiger partial charge < -0.3 is 5.32 Å². The van der Waals surface area contributed by atoms with Crippen molar-refractivity contribution in [3.8, 4) is 11.3 Å². The molecule has 0 unspecified atom stereocenters. The fourth-order valence-corrected chi connectivity index (χ4v) is 5.60. The van der Waals surface area contributed by atoms with E-state index in [-0.39, 0.29) is 29.4 Å². The molecule has 0 saturated carbocycles. The van der Waals surface area contributed by atoms with Crippen LogP contribution in [0.2, 0.25) is 0 Å². The second-order valence-electron chi connectivity index (χ2n) is 8.18. The van der Waals surface area contributed by atoms with E-state index in [1.165, 1.54) is 22.5 Å². The Hall–Kier alpha value is -3.29. The zero-order valence-electron chi connectivity index (χ0n) is 18.9. The van der Waals surface area contributed by atoms with E-state index in [4.69, 9.17) is 0 Å². The first kappa shape index (κ1) is 23.9. The van der Waals surface area contributed by atoms with Crippen LogP contribution in [-0.4, -0.2) is 25.1 Å². The van der Waals surface area contributed by atoms with Crippen LogP contribution in [0.15, 0.2) is 89.1 Å². The molecule has 0 saturated heterocycles. The summed E-state index contributed by atoms with van der Waals surface area (Å²) in [6.45, 7) is 1.91. The van der Waals surface area contributed by atoms with E-state index in [9.17, 15) is 13.2 Å². The van der Waals surface area contributed by atoms with Crippen LogP contribution >= 0.6 is 11.3 Å². The number of amides is 1. The molecule has 0 radical (unpaired) electrons. The molecule has 1 aromatic heterocycles. The molecule has 34 heavy (non-hydrogen) atoms. The summed E-state index contributed by atoms with van der Waals surface area (Å²) in [5.41, 5.74) is 5.27. The molecule has 4 rings (SSSR count). The maximum absolute atomic E-state index is 12.4. The average Bonchev–Trinajstić information content (AvgIpc) is 3.29. The van der Waals surface area contributed by atoms with Crippen molar-refractivity contribution < 1.29 is 13.2 Å². The normalized spacial score (nSPS) is 11.3. The second kappa shape index (κ2) is 10.8. The van der Waals surface area contributed by atoms with Crippen LogP contribution in [0.5, 0.6) is 0 Å². The molecule has 7 heteroatoms. The summed E-state index contributed by atoms with van der Waals surface area (Å²) >= 11 is 1.36. The van der Waals surface area contributed by atoms with Gasteiger partial charge in [0.2, 0.25) is 5.91 Å². The van der Waals surface area contributed by atoms with Crippen molar-refractivity contribution in [1.29, 1.82) is 0 Å². The number of hydrogen-bond donors (Lipinski definition) is 1. The molecule has 0 aliphatic carbocycles. The molecular weight excluding hydrogens is 464 g/mol. The molecule has 5 nitrogen and oxygen atoms in total. The SMILES string of the molecule is Cc1ccc(S(=O)(=O)CCCC(=O)Nc2nc(-c3ccc(Cc4ccccc4)cc3)cs2)cc1. The number of carbonyl (C=O) groups excluding carboxylic acids is 1. The number of hydrogen-bond acceptors (Lipinski definition) is 5. The molecule has 174 valence electrons. The van der Waals surface area contributed by atoms with Gasteiger partial charge >= 0.3 is 0 Å². The summed E-state index contributed by atoms with van der Waals surface area (Å²) in [6.07, 6.45) is 1.25. The number of carbonyl (C=O) groups is 1. The van der Waals surface area contributed by atoms with Crippen LogP contribution < -0.4 is 5.32 Å². The highest BCUT2D eigenvalue weighted by Gasteiger charge is 2.15. The minimum atomic E-state index is -3.39. The van der Waals surface area contributed by atoms with E-state index < -0.39 is 9.84 Å². The molecule has 4 aromatic rings. The first-order chi connectivity index (χ1) is 16.4. The van der Waals surface area contributed by atoms with Gasteiger partial charge in [-0.3, -0.25) is 4.79 Å². The number of rotatable bonds is 9. The van der Waals surface area contributed by atoms with Gasteiger partial charge in [0.05, 0.1) is 16.3 Å². The summed E-state index contributed by atoms with van der Waals surface area (Å²) in [5.74, 6) is -0.305. The molecule has 1 amide bonds. The van der Waals surface area contributed by atoms with Crippen LogP contribution in [0.3, 0.4) is 0 Å². The fourth-order valence-electron chi connectivity index (χ4n) is 3.56. The van der Waals surface area contributed by atoms with E-state index in [0.717, 1.165) is 23.2 Å². The van der Waals surface area contributed by atoms with E-state index in [1.807, 2.05) is 42.6 Å². The third-order valence-electron chi connectivity index (χ3n) is 5.45. The van der Waals surface area contributed by atoms with E-state index in [2.05, 4.69) is 34.6 Å². The fraction of sp³-hybridized carbons (Fsp3) is 0.185. The summed E-state index contributed by atoms with van der Waals surface area (Å²) in [6, 6.07) is 25.3. The topological polar surface area (TPSA) is 76.1 Å². The molecule has 0 fully saturated rings. The number of aromatic nitrogens is 1. The first-order valence-corrected chi connectivity index (χ1v) is 13.6. The highest BCUT2D eigenvalue weighted by Crippen LogP contribution is 2.26. The van der Waals surface area contributed by atoms with Crippen molar-refractivity contribution in [2.24, 2.45) is 0 Å². The molecule has 0 spiro atoms. The van der Waals surface area contributed by atoms with Crippen LogP contribution in [-0.2, 0) is 21.1 Å². The minimum absolute atomic E-state index is 0.0675. The van der Waals surface area contributed by atoms with Gasteiger partial charge in [0.15, 0.2) is 15.0 Å². The van der Waals surface area contributed by atoms with Crippen molar-refractivity contribution in [3.05, 3.63) is 101 Å². The van der Waals surface area contributed by atoms with Crippen molar-refractivity contribution in [1.82, 2.24) is 4.98 Å². The van der Waals surface area contributed by atoms with Crippen molar-refractivity contribution >= 4 is 32.2 Å². The Morgan fingerprint density at radius 2 is 1.59 bits per heavy atom. The van der Waals surface area contributed by atoms with Gasteiger partial charge in [0.1, 0.15) is 0 Å². The van der Waals surface area contributed by atoms with Crippen LogP contribution in [0.1, 0.15) is 29.5 Å². The van der Waals surface area contributed by atoms with E-state index in [0.29, 0.717) is 5.13 Å². The van der Waals surface area contributed by atoms with Crippen molar-refractivity contribution in [2.75, 3.05) is 11.1 Å². The maximum atomic E-state index is 12.4. The largest absolute Gasteiger partial charge is 0.302 e. The number of aryl methyl sites for hydroxylation is 1. The third-order valence-corrected chi connectivity index (χ3v) is 8.02. The van der Waals surface area contributed by atoms with Crippen molar-refractivity contribution in [3.63, 3.8) is 0 Å². The number of anilines is 1. The van der Waals surface area contributed by atoms with Gasteiger partial charge in [0, 0.05) is 17.4 Å². The van der Waals surface area contributed by atoms with Gasteiger partial charge in [-0.2, -0.15) is 0 Å². The predicted molar refractivity (Wildman–Crippen MR) is 138 cm³/mol. The van der Waals surface area contributed by atoms with Crippen LogP contribution in [0.25, 0.3) is 11.3 Å². The molecule has 0 aliphatic rings. The Balaban J connectivity index is 1.28. The summed E-state index contributed by atoms with van der Waals surface area (Å²) in [5, 5.41) is 5.20. The quantitative estimate of drug-likeness (QED) is 0.317. The van der Waals surface area contributed by atoms with Gasteiger partial charge in [-0.1, -0.05) is 72.3 Å². The highest BCUT2D eigenvalue weighted by molar-refractivity contribution is 7.91. The molecule has 1 heterocycles. The number of nitrogens with zero attached hydrogens (tertiary/aromatic N) is 1. The first-order valence-electron chi connectivity index (χ1n) is 11.1. The number of thiazole rings is 1. The molecular formula is C27H26N2O3S2. The molecule has 0 bridgehead atoms. The summed E-state index contributed by atoms with van der Waals surface area (Å²) in [4.78, 5) is 17.1. The van der Waals surface area contributed by atoms with Crippen molar-refractivity contribution in [2.45, 2.75) is 31.1 Å². The van der Waals surface area contributed by atoms with Crippen LogP contribution in [0.4, 0.5) is 5.13 Å². The lowest BCUT2D eigenvalue weighted by Gasteiger charge is -2.05. The molecule has 1 N–H and O–H groups in total. The number of nitrogens with one attached hydrogen (secondary N) is 1. The van der Waals surface area contributed by atoms with E-state index >= 15 is 0 Å². The van der Waals surface area contributed by atoms with Gasteiger partial charge in [-0.15, -0.1) is 11.3 Å². The van der Waals surface area contributed by atoms with E-state index in [1.54, 1.807) is 24.3 Å². The lowest BCUT2D eigenvalue weighted by molar-refractivity contribution is -0.116. The Morgan fingerprint density at radius 1 is 0.912 bits per heavy atom. The Kier molecular flexibility index (Phi) is 7.55. The second-order valence-corrected chi connectivity index (χ2v) is 11.1. The maximum Gasteiger partial charge on any atom is 0.226 e. The number of sulfone groups is 1. The van der Waals surface area contributed by atoms with Crippen LogP contribution in [0, 0.1) is 6.92 Å². The standard InChI is InChI=1S/C27H26N2O3S2/c1-20-9-15-24(16-10-20)34(31,32)17-5-8-26(30)29-27-28-25(19-33-27)23-13-11-22(12-14-23)18-21-6-3-2-4-7-21/h2-4,6-7,9-16,19H,5,8,17-18H2,1H3,(H,28,29,30). The van der Waals surface area contributed by atoms with Gasteiger partial charge in [-0.05, 0) is 43.0 Å². The lowest BCUT2D eigenvalue weighted by atomic mass is 10.0. The Morgan fingerprint density at radius 3 is 2.29 bits per heavy atom. The summed E-state index contributed by atoms with van der Waals surface area (Å²) < 4.78 is 24.9. The predicted octanol–water partition coefficient (Wildman–Crippen LogP) is 5.90. The zero-order valence-corrected chi connectivity index (χ0v) is 20.5. The Bertz CT molecular complexity index is 1350. The lowest BCUT2D eigenvalue weighted by Crippen LogP contribution is -2.14. The third kappa shape index (κ3) is 6.40. The molecule has 3 aromatic carbocycles. The number of benzene rings is 3. The zero-order chi connectivity index (χ0) is 24.0. The molecule has 0 atom stereocenters. The Labute approximate surface area is 204 Å². The monoisotopic (exact) mass is 490 g/mol. The van der Waals surface area contributed by atoms with Gasteiger partial charge in [0.25, 0.3) is 0 Å². The summed E-state index contributed by atoms with van der Waals surface area (Å²) in [7, 11) is -3.39. The highest BCUT2D eigenvalue weighted by atomic mass is 32.2. The minimum Gasteiger partial charge on any atom is -0.302 e. The molecule has 0 aliphatic heterocycles. The average molecular weight is 491 g/mol. The smallest absolute Gasteiger partial charge is 0.226 e. The van der Waals surface area contributed by atoms with Gasteiger partial charge in [-0.25, -0.2) is 13.4 Å².